The number of hydrogen-bond acceptors (Lipinski definition) is 5. The minimum absolute atomic E-state index is 0.120. The van der Waals surface area contributed by atoms with E-state index >= 15 is 0 Å². The zero-order chi connectivity index (χ0) is 21.3. The molecule has 0 aliphatic carbocycles. The molecule has 0 radical (unpaired) electrons. The first kappa shape index (κ1) is 19.8. The Kier molecular flexibility index (Phi) is 5.08. The van der Waals surface area contributed by atoms with E-state index in [0.717, 1.165) is 6.07 Å². The molecule has 2 heterocycles. The minimum atomic E-state index is -1.86. The first-order chi connectivity index (χ1) is 14.4. The van der Waals surface area contributed by atoms with Crippen molar-refractivity contribution in [1.82, 2.24) is 29.8 Å². The Morgan fingerprint density at radius 3 is 2.47 bits per heavy atom. The van der Waals surface area contributed by atoms with Crippen molar-refractivity contribution >= 4 is 0 Å². The van der Waals surface area contributed by atoms with Crippen LogP contribution in [0.25, 0.3) is 11.3 Å². The fourth-order valence-electron chi connectivity index (χ4n) is 3.28. The lowest BCUT2D eigenvalue weighted by molar-refractivity contribution is -0.0374. The van der Waals surface area contributed by atoms with Gasteiger partial charge in [0.2, 0.25) is 0 Å². The SMILES string of the molecule is C[C@@H](n1cc(-c2ccc(F)cc2)nn1)[C@](O)(Cn1cncn1)c1ccc(F)cc1F. The molecule has 0 fully saturated rings. The maximum Gasteiger partial charge on any atom is 0.137 e. The molecule has 1 N–H and O–H groups in total. The number of aliphatic hydroxyl groups is 1. The van der Waals surface area contributed by atoms with Crippen LogP contribution in [-0.2, 0) is 12.1 Å². The van der Waals surface area contributed by atoms with Crippen molar-refractivity contribution in [2.45, 2.75) is 25.1 Å². The third kappa shape index (κ3) is 3.69. The molecular formula is C20H17F3N6O. The van der Waals surface area contributed by atoms with E-state index in [2.05, 4.69) is 20.4 Å². The topological polar surface area (TPSA) is 81.6 Å². The van der Waals surface area contributed by atoms with Gasteiger partial charge in [-0.1, -0.05) is 11.3 Å². The highest BCUT2D eigenvalue weighted by Crippen LogP contribution is 2.36. The molecule has 4 aromatic rings. The number of halogens is 3. The Hall–Kier alpha value is -3.53. The monoisotopic (exact) mass is 414 g/mol. The van der Waals surface area contributed by atoms with Crippen molar-refractivity contribution in [3.63, 3.8) is 0 Å². The quantitative estimate of drug-likeness (QED) is 0.524. The summed E-state index contributed by atoms with van der Waals surface area (Å²) >= 11 is 0. The summed E-state index contributed by atoms with van der Waals surface area (Å²) in [6.07, 6.45) is 4.23. The van der Waals surface area contributed by atoms with Gasteiger partial charge in [0.1, 0.15) is 41.4 Å². The van der Waals surface area contributed by atoms with Crippen molar-refractivity contribution < 1.29 is 18.3 Å². The van der Waals surface area contributed by atoms with Crippen LogP contribution in [0, 0.1) is 17.5 Å². The molecule has 2 aromatic carbocycles. The summed E-state index contributed by atoms with van der Waals surface area (Å²) in [5, 5.41) is 23.7. The molecule has 0 amide bonds. The lowest BCUT2D eigenvalue weighted by Gasteiger charge is -2.34. The predicted octanol–water partition coefficient (Wildman–Crippen LogP) is 3.10. The van der Waals surface area contributed by atoms with Gasteiger partial charge >= 0.3 is 0 Å². The maximum atomic E-state index is 14.6. The van der Waals surface area contributed by atoms with E-state index in [4.69, 9.17) is 0 Å². The number of rotatable bonds is 6. The molecule has 0 aliphatic rings. The van der Waals surface area contributed by atoms with E-state index < -0.39 is 23.3 Å². The van der Waals surface area contributed by atoms with E-state index in [1.165, 1.54) is 40.2 Å². The van der Waals surface area contributed by atoms with Crippen LogP contribution in [0.3, 0.4) is 0 Å². The second-order valence-electron chi connectivity index (χ2n) is 6.91. The van der Waals surface area contributed by atoms with Crippen LogP contribution in [0.15, 0.2) is 61.3 Å². The second kappa shape index (κ2) is 7.71. The van der Waals surface area contributed by atoms with E-state index in [9.17, 15) is 18.3 Å². The molecule has 0 bridgehead atoms. The summed E-state index contributed by atoms with van der Waals surface area (Å²) in [4.78, 5) is 3.84. The predicted molar refractivity (Wildman–Crippen MR) is 100 cm³/mol. The number of aromatic nitrogens is 6. The third-order valence-electron chi connectivity index (χ3n) is 5.01. The number of benzene rings is 2. The second-order valence-corrected chi connectivity index (χ2v) is 6.91. The average Bonchev–Trinajstić information content (AvgIpc) is 3.40. The molecule has 7 nitrogen and oxygen atoms in total. The number of nitrogens with zero attached hydrogens (tertiary/aromatic N) is 6. The zero-order valence-corrected chi connectivity index (χ0v) is 15.8. The highest BCUT2D eigenvalue weighted by atomic mass is 19.1. The summed E-state index contributed by atoms with van der Waals surface area (Å²) in [5.74, 6) is -2.04. The van der Waals surface area contributed by atoms with Gasteiger partial charge in [0.15, 0.2) is 0 Å². The molecular weight excluding hydrogens is 397 g/mol. The van der Waals surface area contributed by atoms with Crippen molar-refractivity contribution in [1.29, 1.82) is 0 Å². The lowest BCUT2D eigenvalue weighted by Crippen LogP contribution is -2.41. The Bertz CT molecular complexity index is 1150. The highest BCUT2D eigenvalue weighted by molar-refractivity contribution is 5.57. The van der Waals surface area contributed by atoms with Gasteiger partial charge in [-0.3, -0.25) is 0 Å². The molecule has 0 spiro atoms. The molecule has 2 aromatic heterocycles. The summed E-state index contributed by atoms with van der Waals surface area (Å²) in [6.45, 7) is 1.46. The van der Waals surface area contributed by atoms with Crippen LogP contribution in [0.1, 0.15) is 18.5 Å². The Morgan fingerprint density at radius 1 is 1.07 bits per heavy atom. The van der Waals surface area contributed by atoms with Gasteiger partial charge in [-0.15, -0.1) is 5.10 Å². The van der Waals surface area contributed by atoms with Gasteiger partial charge in [-0.25, -0.2) is 27.5 Å². The first-order valence-electron chi connectivity index (χ1n) is 9.05. The van der Waals surface area contributed by atoms with Crippen molar-refractivity contribution in [3.8, 4) is 11.3 Å². The van der Waals surface area contributed by atoms with Gasteiger partial charge in [0.05, 0.1) is 18.8 Å². The largest absolute Gasteiger partial charge is 0.381 e. The number of hydrogen-bond donors (Lipinski definition) is 1. The molecule has 0 saturated heterocycles. The van der Waals surface area contributed by atoms with Gasteiger partial charge < -0.3 is 5.11 Å². The maximum absolute atomic E-state index is 14.6. The molecule has 0 saturated carbocycles. The van der Waals surface area contributed by atoms with Crippen molar-refractivity contribution in [2.75, 3.05) is 0 Å². The van der Waals surface area contributed by atoms with Crippen molar-refractivity contribution in [2.24, 2.45) is 0 Å². The normalized spacial score (nSPS) is 14.4. The fourth-order valence-corrected chi connectivity index (χ4v) is 3.28. The highest BCUT2D eigenvalue weighted by Gasteiger charge is 2.41. The minimum Gasteiger partial charge on any atom is -0.381 e. The first-order valence-corrected chi connectivity index (χ1v) is 9.05. The standard InChI is InChI=1S/C20H17F3N6O/c1-13(29-9-19(26-27-29)14-2-4-15(21)5-3-14)20(30,10-28-12-24-11-25-28)17-7-6-16(22)8-18(17)23/h2-9,11-13,30H,10H2,1H3/t13-,20-/m1/s1. The summed E-state index contributed by atoms with van der Waals surface area (Å²) in [5.41, 5.74) is -0.905. The van der Waals surface area contributed by atoms with Crippen LogP contribution in [0.4, 0.5) is 13.2 Å². The fraction of sp³-hybridized carbons (Fsp3) is 0.200. The van der Waals surface area contributed by atoms with Gasteiger partial charge in [-0.05, 0) is 37.3 Å². The molecule has 10 heteroatoms. The summed E-state index contributed by atoms with van der Waals surface area (Å²) < 4.78 is 44.0. The molecule has 0 unspecified atom stereocenters. The third-order valence-corrected chi connectivity index (χ3v) is 5.01. The smallest absolute Gasteiger partial charge is 0.137 e. The van der Waals surface area contributed by atoms with Crippen LogP contribution in [-0.4, -0.2) is 34.9 Å². The van der Waals surface area contributed by atoms with E-state index in [0.29, 0.717) is 17.3 Å². The Morgan fingerprint density at radius 2 is 1.80 bits per heavy atom. The van der Waals surface area contributed by atoms with Gasteiger partial charge in [0.25, 0.3) is 0 Å². The molecule has 2 atom stereocenters. The van der Waals surface area contributed by atoms with Crippen LogP contribution in [0.2, 0.25) is 0 Å². The lowest BCUT2D eigenvalue weighted by atomic mass is 9.86. The molecule has 154 valence electrons. The van der Waals surface area contributed by atoms with E-state index in [-0.39, 0.29) is 17.9 Å². The van der Waals surface area contributed by atoms with Gasteiger partial charge in [-0.2, -0.15) is 5.10 Å². The van der Waals surface area contributed by atoms with Crippen molar-refractivity contribution in [3.05, 3.63) is 84.3 Å². The average molecular weight is 414 g/mol. The summed E-state index contributed by atoms with van der Waals surface area (Å²) in [7, 11) is 0. The molecule has 0 aliphatic heterocycles. The Balaban J connectivity index is 1.74. The summed E-state index contributed by atoms with van der Waals surface area (Å²) in [6, 6.07) is 7.84. The molecule has 4 rings (SSSR count). The van der Waals surface area contributed by atoms with E-state index in [1.807, 2.05) is 0 Å². The van der Waals surface area contributed by atoms with Crippen LogP contribution < -0.4 is 0 Å². The molecule has 30 heavy (non-hydrogen) atoms. The zero-order valence-electron chi connectivity index (χ0n) is 15.8. The van der Waals surface area contributed by atoms with Crippen LogP contribution >= 0.6 is 0 Å². The Labute approximate surface area is 169 Å². The van der Waals surface area contributed by atoms with E-state index in [1.54, 1.807) is 25.3 Å². The van der Waals surface area contributed by atoms with Gasteiger partial charge in [0, 0.05) is 17.2 Å². The van der Waals surface area contributed by atoms with Crippen LogP contribution in [0.5, 0.6) is 0 Å².